The van der Waals surface area contributed by atoms with E-state index in [0.29, 0.717) is 11.3 Å². The monoisotopic (exact) mass is 483 g/mol. The number of urea groups is 1. The molecule has 4 amide bonds. The van der Waals surface area contributed by atoms with Crippen LogP contribution in [0.3, 0.4) is 0 Å². The molecule has 1 atom stereocenters. The van der Waals surface area contributed by atoms with Crippen molar-refractivity contribution < 1.29 is 32.3 Å². The summed E-state index contributed by atoms with van der Waals surface area (Å²) in [5, 5.41) is 4.62. The molecule has 5 rings (SSSR count). The number of amides is 4. The predicted octanol–water partition coefficient (Wildman–Crippen LogP) is 1.95. The molecule has 2 aromatic heterocycles. The molecule has 0 saturated carbocycles. The molecule has 2 N–H and O–H groups in total. The zero-order chi connectivity index (χ0) is 25.0. The Bertz CT molecular complexity index is 1470. The van der Waals surface area contributed by atoms with E-state index < -0.39 is 29.3 Å². The zero-order valence-corrected chi connectivity index (χ0v) is 18.1. The number of rotatable bonds is 3. The highest BCUT2D eigenvalue weighted by Gasteiger charge is 2.48. The van der Waals surface area contributed by atoms with Crippen LogP contribution in [0.2, 0.25) is 0 Å². The number of carbonyl (C=O) groups is 3. The minimum atomic E-state index is -4.60. The molecule has 1 saturated heterocycles. The first kappa shape index (κ1) is 22.3. The van der Waals surface area contributed by atoms with Gasteiger partial charge >= 0.3 is 12.2 Å². The van der Waals surface area contributed by atoms with Crippen LogP contribution in [0.1, 0.15) is 27.2 Å². The highest BCUT2D eigenvalue weighted by Crippen LogP contribution is 2.29. The number of hydrogen-bond donors (Lipinski definition) is 2. The molecule has 0 bridgehead atoms. The standard InChI is InChI=1S/C23H16F3N5O4/c1-35-15-4-3-14-10-31(19(32)16(14)8-15)12-22(20(33)28-21(34)29-22)7-6-13-2-5-18-27-17(23(24,25)26)11-30(18)9-13/h2-5,8-9,11H,10,12H2,1H3,(H2,28,29,33,34)/t22-/m1/s1. The second kappa shape index (κ2) is 7.76. The first-order chi connectivity index (χ1) is 16.6. The number of imidazole rings is 1. The molecule has 3 aromatic rings. The maximum absolute atomic E-state index is 13.0. The fraction of sp³-hybridized carbons (Fsp3) is 0.217. The lowest BCUT2D eigenvalue weighted by Crippen LogP contribution is -2.54. The molecule has 9 nitrogen and oxygen atoms in total. The molecule has 2 aliphatic heterocycles. The van der Waals surface area contributed by atoms with E-state index in [4.69, 9.17) is 4.74 Å². The third kappa shape index (κ3) is 3.90. The number of halogens is 3. The van der Waals surface area contributed by atoms with Gasteiger partial charge < -0.3 is 19.4 Å². The first-order valence-corrected chi connectivity index (χ1v) is 10.3. The molecule has 2 aliphatic rings. The Labute approximate surface area is 195 Å². The number of benzene rings is 1. The number of hydrogen-bond acceptors (Lipinski definition) is 5. The van der Waals surface area contributed by atoms with Gasteiger partial charge in [-0.05, 0) is 29.8 Å². The zero-order valence-electron chi connectivity index (χ0n) is 18.1. The summed E-state index contributed by atoms with van der Waals surface area (Å²) in [6.07, 6.45) is -2.44. The molecule has 0 spiro atoms. The van der Waals surface area contributed by atoms with Crippen LogP contribution in [0.4, 0.5) is 18.0 Å². The molecule has 0 unspecified atom stereocenters. The number of fused-ring (bicyclic) bond motifs is 2. The number of ether oxygens (including phenoxy) is 1. The van der Waals surface area contributed by atoms with E-state index in [1.54, 1.807) is 18.2 Å². The number of methoxy groups -OCH3 is 1. The molecule has 1 fully saturated rings. The Morgan fingerprint density at radius 3 is 2.66 bits per heavy atom. The van der Waals surface area contributed by atoms with Gasteiger partial charge in [-0.2, -0.15) is 13.2 Å². The van der Waals surface area contributed by atoms with Crippen molar-refractivity contribution >= 4 is 23.5 Å². The van der Waals surface area contributed by atoms with Gasteiger partial charge in [-0.25, -0.2) is 9.78 Å². The van der Waals surface area contributed by atoms with Crippen molar-refractivity contribution in [2.45, 2.75) is 18.3 Å². The van der Waals surface area contributed by atoms with Crippen LogP contribution in [-0.4, -0.2) is 51.3 Å². The summed E-state index contributed by atoms with van der Waals surface area (Å²) in [6.45, 7) is -0.0368. The lowest BCUT2D eigenvalue weighted by Gasteiger charge is -2.26. The van der Waals surface area contributed by atoms with Crippen LogP contribution in [0, 0.1) is 11.8 Å². The largest absolute Gasteiger partial charge is 0.497 e. The summed E-state index contributed by atoms with van der Waals surface area (Å²) in [5.74, 6) is 4.87. The second-order valence-corrected chi connectivity index (χ2v) is 8.06. The summed E-state index contributed by atoms with van der Waals surface area (Å²) in [4.78, 5) is 42.6. The van der Waals surface area contributed by atoms with Gasteiger partial charge in [0.25, 0.3) is 11.8 Å². The van der Waals surface area contributed by atoms with E-state index in [2.05, 4.69) is 27.5 Å². The first-order valence-electron chi connectivity index (χ1n) is 10.3. The maximum atomic E-state index is 13.0. The van der Waals surface area contributed by atoms with Crippen LogP contribution in [0.25, 0.3) is 5.65 Å². The summed E-state index contributed by atoms with van der Waals surface area (Å²) in [5.41, 5.74) is -1.30. The van der Waals surface area contributed by atoms with Crippen molar-refractivity contribution in [2.24, 2.45) is 0 Å². The Kier molecular flexibility index (Phi) is 4.94. The van der Waals surface area contributed by atoms with E-state index in [-0.39, 0.29) is 30.2 Å². The van der Waals surface area contributed by atoms with Gasteiger partial charge in [0.05, 0.1) is 13.7 Å². The molecule has 1 aromatic carbocycles. The summed E-state index contributed by atoms with van der Waals surface area (Å²) in [6, 6.07) is 7.08. The van der Waals surface area contributed by atoms with E-state index in [9.17, 15) is 27.6 Å². The summed E-state index contributed by atoms with van der Waals surface area (Å²) in [7, 11) is 1.48. The summed E-state index contributed by atoms with van der Waals surface area (Å²) >= 11 is 0. The third-order valence-corrected chi connectivity index (χ3v) is 5.73. The molecule has 0 radical (unpaired) electrons. The number of carbonyl (C=O) groups excluding carboxylic acids is 3. The van der Waals surface area contributed by atoms with Gasteiger partial charge in [0, 0.05) is 30.1 Å². The molecule has 4 heterocycles. The SMILES string of the molecule is COc1ccc2c(c1)C(=O)N(C[C@@]1(C#Cc3ccc4nc(C(F)(F)F)cn4c3)NC(=O)NC1=O)C2. The van der Waals surface area contributed by atoms with Crippen molar-refractivity contribution in [3.63, 3.8) is 0 Å². The third-order valence-electron chi connectivity index (χ3n) is 5.73. The average Bonchev–Trinajstić information content (AvgIpc) is 3.46. The van der Waals surface area contributed by atoms with Crippen molar-refractivity contribution in [3.8, 4) is 17.6 Å². The van der Waals surface area contributed by atoms with Gasteiger partial charge in [0.15, 0.2) is 5.69 Å². The molecular formula is C23H16F3N5O4. The fourth-order valence-corrected chi connectivity index (χ4v) is 3.99. The molecular weight excluding hydrogens is 467 g/mol. The number of pyridine rings is 1. The van der Waals surface area contributed by atoms with Crippen molar-refractivity contribution in [2.75, 3.05) is 13.7 Å². The number of aromatic nitrogens is 2. The average molecular weight is 483 g/mol. The molecule has 0 aliphatic carbocycles. The van der Waals surface area contributed by atoms with Crippen LogP contribution in [-0.2, 0) is 17.5 Å². The van der Waals surface area contributed by atoms with Crippen LogP contribution in [0.5, 0.6) is 5.75 Å². The fourth-order valence-electron chi connectivity index (χ4n) is 3.99. The van der Waals surface area contributed by atoms with E-state index in [1.807, 2.05) is 0 Å². The van der Waals surface area contributed by atoms with E-state index in [1.165, 1.54) is 34.7 Å². The second-order valence-electron chi connectivity index (χ2n) is 8.06. The lowest BCUT2D eigenvalue weighted by molar-refractivity contribution is -0.140. The highest BCUT2D eigenvalue weighted by molar-refractivity contribution is 6.10. The van der Waals surface area contributed by atoms with Crippen molar-refractivity contribution in [1.29, 1.82) is 0 Å². The van der Waals surface area contributed by atoms with Crippen LogP contribution < -0.4 is 15.4 Å². The Morgan fingerprint density at radius 2 is 1.97 bits per heavy atom. The normalized spacial score (nSPS) is 19.3. The van der Waals surface area contributed by atoms with Crippen molar-refractivity contribution in [3.05, 3.63) is 65.1 Å². The quantitative estimate of drug-likeness (QED) is 0.438. The number of alkyl halides is 3. The predicted molar refractivity (Wildman–Crippen MR) is 114 cm³/mol. The number of nitrogens with one attached hydrogen (secondary N) is 2. The topological polar surface area (TPSA) is 105 Å². The van der Waals surface area contributed by atoms with E-state index >= 15 is 0 Å². The Hall–Kier alpha value is -4.53. The minimum absolute atomic E-state index is 0.0698. The molecule has 12 heteroatoms. The Balaban J connectivity index is 1.46. The maximum Gasteiger partial charge on any atom is 0.434 e. The number of imide groups is 1. The lowest BCUT2D eigenvalue weighted by atomic mass is 9.99. The highest BCUT2D eigenvalue weighted by atomic mass is 19.4. The molecule has 178 valence electrons. The Morgan fingerprint density at radius 1 is 1.17 bits per heavy atom. The molecule has 35 heavy (non-hydrogen) atoms. The van der Waals surface area contributed by atoms with Crippen LogP contribution in [0.15, 0.2) is 42.7 Å². The van der Waals surface area contributed by atoms with E-state index in [0.717, 1.165) is 11.8 Å². The van der Waals surface area contributed by atoms with Crippen LogP contribution >= 0.6 is 0 Å². The minimum Gasteiger partial charge on any atom is -0.497 e. The van der Waals surface area contributed by atoms with Gasteiger partial charge in [-0.1, -0.05) is 17.9 Å². The van der Waals surface area contributed by atoms with Gasteiger partial charge in [-0.15, -0.1) is 0 Å². The smallest absolute Gasteiger partial charge is 0.434 e. The van der Waals surface area contributed by atoms with Gasteiger partial charge in [0.1, 0.15) is 11.4 Å². The van der Waals surface area contributed by atoms with Gasteiger partial charge in [0.2, 0.25) is 5.54 Å². The van der Waals surface area contributed by atoms with Crippen molar-refractivity contribution in [1.82, 2.24) is 24.9 Å². The number of nitrogens with zero attached hydrogens (tertiary/aromatic N) is 3. The summed E-state index contributed by atoms with van der Waals surface area (Å²) < 4.78 is 45.2. The van der Waals surface area contributed by atoms with Gasteiger partial charge in [-0.3, -0.25) is 14.9 Å².